The Morgan fingerprint density at radius 3 is 1.31 bits per heavy atom. The van der Waals surface area contributed by atoms with E-state index >= 15 is 0 Å². The molecule has 14 nitrogen and oxygen atoms in total. The number of hydrogen-bond acceptors (Lipinski definition) is 12. The van der Waals surface area contributed by atoms with Crippen LogP contribution in [0.5, 0.6) is 17.2 Å². The number of rotatable bonds is 15. The average molecular weight is 1220 g/mol. The number of amides is 2. The molecule has 6 N–H and O–H groups in total. The molecule has 0 saturated heterocycles. The fourth-order valence-electron chi connectivity index (χ4n) is 12.3. The standard InChI is InChI=1S/C36H39Cl2NO6.C30H29Cl2NO6/c1-20-11-14-23-27(29(20)37)35(5,6)28-24(15-16-26(30(28)38)44-33(43)34(2,3)4)36(23)25-19-21(12-13-22(25)32(42)45-36)31(41)39-17-9-7-8-10-18-40;1-29(2)23-18(9-11-21(35)25(23)31)30(19-10-12-22(36)26(32)24(19)29)20-15-16(7-8-17(20)28(38)39-30)27(37)33-13-5-3-4-6-14-34/h11-16,19,40H,7-10,17-18H2,1-6H3,(H,39,41);7-12,15,34-36H,3-6,13-14H2,1-2H3,(H,33,37). The van der Waals surface area contributed by atoms with E-state index in [0.29, 0.717) is 90.4 Å². The van der Waals surface area contributed by atoms with Crippen LogP contribution in [0.3, 0.4) is 0 Å². The van der Waals surface area contributed by atoms with Crippen LogP contribution in [-0.2, 0) is 36.3 Å². The van der Waals surface area contributed by atoms with Gasteiger partial charge in [-0.1, -0.05) is 130 Å². The number of aromatic hydroxyl groups is 2. The fourth-order valence-corrected chi connectivity index (χ4v) is 13.9. The highest BCUT2D eigenvalue weighted by molar-refractivity contribution is 6.35. The Morgan fingerprint density at radius 1 is 0.512 bits per heavy atom. The first-order chi connectivity index (χ1) is 39.7. The van der Waals surface area contributed by atoms with Crippen LogP contribution in [0, 0.1) is 12.3 Å². The van der Waals surface area contributed by atoms with E-state index < -0.39 is 45.4 Å². The summed E-state index contributed by atoms with van der Waals surface area (Å²) in [6, 6.07) is 23.2. The topological polar surface area (TPSA) is 218 Å². The summed E-state index contributed by atoms with van der Waals surface area (Å²) >= 11 is 27.6. The smallest absolute Gasteiger partial charge is 0.340 e. The van der Waals surface area contributed by atoms with Crippen LogP contribution in [0.1, 0.15) is 202 Å². The molecule has 2 aliphatic carbocycles. The van der Waals surface area contributed by atoms with Crippen LogP contribution in [-0.4, -0.2) is 76.5 Å². The van der Waals surface area contributed by atoms with Gasteiger partial charge in [-0.05, 0) is 136 Å². The van der Waals surface area contributed by atoms with Gasteiger partial charge in [0, 0.05) is 86.7 Å². The second-order valence-electron chi connectivity index (χ2n) is 23.9. The number of phenolic OH excluding ortho intramolecular Hbond substituents is 2. The van der Waals surface area contributed by atoms with Gasteiger partial charge in [0.25, 0.3) is 11.8 Å². The van der Waals surface area contributed by atoms with Crippen LogP contribution < -0.4 is 15.4 Å². The third-order valence-corrected chi connectivity index (χ3v) is 18.1. The quantitative estimate of drug-likeness (QED) is 0.0321. The minimum atomic E-state index is -1.51. The van der Waals surface area contributed by atoms with E-state index in [4.69, 9.17) is 70.8 Å². The summed E-state index contributed by atoms with van der Waals surface area (Å²) in [6.07, 6.45) is 6.61. The largest absolute Gasteiger partial charge is 0.506 e. The zero-order chi connectivity index (χ0) is 61.0. The third kappa shape index (κ3) is 10.5. The van der Waals surface area contributed by atoms with E-state index in [9.17, 15) is 34.2 Å². The molecule has 0 radical (unpaired) electrons. The second-order valence-corrected chi connectivity index (χ2v) is 25.4. The van der Waals surface area contributed by atoms with E-state index in [1.807, 2.05) is 46.8 Å². The van der Waals surface area contributed by atoms with Crippen molar-refractivity contribution in [1.29, 1.82) is 0 Å². The van der Waals surface area contributed by atoms with E-state index in [2.05, 4.69) is 10.6 Å². The SMILES string of the molecule is CC1(C)c2c(ccc(O)c2Cl)C2(OC(=O)c3ccc(C(=O)NCCCCCCO)cc32)c2ccc(O)c(Cl)c21.Cc1ccc2c(c1Cl)C(C)(C)c1c(ccc(OC(=O)C(C)(C)C)c1Cl)C21OC(=O)c2ccc(C(=O)NCCCCCCO)cc21. The Labute approximate surface area is 508 Å². The number of phenols is 2. The molecule has 18 heteroatoms. The van der Waals surface area contributed by atoms with E-state index in [0.717, 1.165) is 62.5 Å². The first kappa shape index (κ1) is 61.9. The van der Waals surface area contributed by atoms with Crippen molar-refractivity contribution in [3.63, 3.8) is 0 Å². The molecule has 1 unspecified atom stereocenters. The van der Waals surface area contributed by atoms with Crippen molar-refractivity contribution in [2.24, 2.45) is 5.41 Å². The van der Waals surface area contributed by atoms with Gasteiger partial charge >= 0.3 is 17.9 Å². The number of carbonyl (C=O) groups is 5. The Bertz CT molecular complexity index is 3620. The summed E-state index contributed by atoms with van der Waals surface area (Å²) in [7, 11) is 0. The number of ether oxygens (including phenoxy) is 3. The monoisotopic (exact) mass is 1220 g/mol. The molecule has 2 amide bonds. The highest BCUT2D eigenvalue weighted by Crippen LogP contribution is 2.63. The normalized spacial score (nSPS) is 16.9. The molecular weight excluding hydrogens is 1150 g/mol. The maximum absolute atomic E-state index is 13.6. The van der Waals surface area contributed by atoms with Crippen molar-refractivity contribution in [2.75, 3.05) is 26.3 Å². The van der Waals surface area contributed by atoms with E-state index in [-0.39, 0.29) is 57.3 Å². The molecule has 0 bridgehead atoms. The first-order valence-corrected chi connectivity index (χ1v) is 29.7. The molecule has 442 valence electrons. The van der Waals surface area contributed by atoms with Gasteiger partial charge in [0.2, 0.25) is 0 Å². The van der Waals surface area contributed by atoms with Crippen molar-refractivity contribution >= 4 is 76.1 Å². The lowest BCUT2D eigenvalue weighted by Crippen LogP contribution is -2.42. The van der Waals surface area contributed by atoms with Gasteiger partial charge in [-0.15, -0.1) is 0 Å². The molecule has 6 aromatic rings. The molecule has 2 spiro atoms. The van der Waals surface area contributed by atoms with E-state index in [1.54, 1.807) is 81.4 Å². The number of aliphatic hydroxyl groups is 2. The second kappa shape index (κ2) is 23.7. The van der Waals surface area contributed by atoms with Gasteiger partial charge in [-0.25, -0.2) is 9.59 Å². The van der Waals surface area contributed by atoms with Gasteiger partial charge in [0.05, 0.1) is 31.6 Å². The molecule has 10 rings (SSSR count). The van der Waals surface area contributed by atoms with Crippen LogP contribution in [0.4, 0.5) is 0 Å². The number of hydrogen-bond donors (Lipinski definition) is 6. The lowest BCUT2D eigenvalue weighted by atomic mass is 9.61. The first-order valence-electron chi connectivity index (χ1n) is 28.2. The molecule has 84 heavy (non-hydrogen) atoms. The number of nitrogens with one attached hydrogen (secondary N) is 2. The van der Waals surface area contributed by atoms with E-state index in [1.165, 1.54) is 12.1 Å². The summed E-state index contributed by atoms with van der Waals surface area (Å²) in [5, 5.41) is 45.8. The van der Waals surface area contributed by atoms with Crippen LogP contribution in [0.15, 0.2) is 84.9 Å². The Balaban J connectivity index is 0.000000204. The Hall–Kier alpha value is -6.65. The van der Waals surface area contributed by atoms with Crippen molar-refractivity contribution in [3.8, 4) is 17.2 Å². The van der Waals surface area contributed by atoms with Gasteiger partial charge in [-0.3, -0.25) is 14.4 Å². The minimum absolute atomic E-state index is 0.0847. The molecule has 2 aliphatic heterocycles. The van der Waals surface area contributed by atoms with Gasteiger partial charge in [-0.2, -0.15) is 0 Å². The fraction of sp³-hybridized carbons (Fsp3) is 0.379. The number of unbranched alkanes of at least 4 members (excludes halogenated alkanes) is 6. The molecule has 0 saturated carbocycles. The van der Waals surface area contributed by atoms with Crippen LogP contribution >= 0.6 is 46.4 Å². The summed E-state index contributed by atoms with van der Waals surface area (Å²) in [4.78, 5) is 66.2. The predicted octanol–water partition coefficient (Wildman–Crippen LogP) is 13.4. The summed E-state index contributed by atoms with van der Waals surface area (Å²) in [5.74, 6) is -2.20. The number of fused-ring (bicyclic) bond motifs is 12. The number of aryl methyl sites for hydroxylation is 1. The molecule has 2 heterocycles. The Morgan fingerprint density at radius 2 is 0.893 bits per heavy atom. The van der Waals surface area contributed by atoms with Crippen LogP contribution in [0.2, 0.25) is 20.1 Å². The highest BCUT2D eigenvalue weighted by Gasteiger charge is 2.59. The minimum Gasteiger partial charge on any atom is -0.506 e. The molecule has 6 aromatic carbocycles. The summed E-state index contributed by atoms with van der Waals surface area (Å²) in [5.41, 5.74) is 2.46. The average Bonchev–Trinajstić information content (AvgIpc) is 1.28. The summed E-state index contributed by atoms with van der Waals surface area (Å²) < 4.78 is 18.4. The lowest BCUT2D eigenvalue weighted by molar-refractivity contribution is -0.143. The molecule has 0 aromatic heterocycles. The van der Waals surface area contributed by atoms with Gasteiger partial charge in [0.15, 0.2) is 11.2 Å². The predicted molar refractivity (Wildman–Crippen MR) is 322 cm³/mol. The lowest BCUT2D eigenvalue weighted by Gasteiger charge is -2.45. The zero-order valence-electron chi connectivity index (χ0n) is 48.1. The van der Waals surface area contributed by atoms with Gasteiger partial charge in [0.1, 0.15) is 17.2 Å². The number of benzene rings is 6. The summed E-state index contributed by atoms with van der Waals surface area (Å²) in [6.45, 7) is 16.2. The van der Waals surface area contributed by atoms with Crippen molar-refractivity contribution in [2.45, 2.75) is 129 Å². The number of carbonyl (C=O) groups excluding carboxylic acids is 5. The van der Waals surface area contributed by atoms with Crippen molar-refractivity contribution in [1.82, 2.24) is 10.6 Å². The van der Waals surface area contributed by atoms with Gasteiger partial charge < -0.3 is 45.3 Å². The molecule has 0 fully saturated rings. The third-order valence-electron chi connectivity index (χ3n) is 16.5. The van der Waals surface area contributed by atoms with Crippen molar-refractivity contribution < 1.29 is 58.6 Å². The Kier molecular flexibility index (Phi) is 17.4. The number of halogens is 4. The maximum Gasteiger partial charge on any atom is 0.340 e. The maximum atomic E-state index is 13.6. The zero-order valence-corrected chi connectivity index (χ0v) is 51.2. The number of esters is 3. The number of aliphatic hydroxyl groups excluding tert-OH is 2. The van der Waals surface area contributed by atoms with Crippen LogP contribution in [0.25, 0.3) is 0 Å². The molecular formula is C66H68Cl4N2O12. The highest BCUT2D eigenvalue weighted by atomic mass is 35.5. The molecule has 1 atom stereocenters. The van der Waals surface area contributed by atoms with Crippen molar-refractivity contribution in [3.05, 3.63) is 188 Å². The molecule has 4 aliphatic rings.